The van der Waals surface area contributed by atoms with Crippen molar-refractivity contribution in [3.8, 4) is 0 Å². The lowest BCUT2D eigenvalue weighted by Crippen LogP contribution is -2.35. The lowest BCUT2D eigenvalue weighted by molar-refractivity contribution is 0.270. The molecular weight excluding hydrogens is 554 g/mol. The molecule has 4 N–H and O–H groups in total. The van der Waals surface area contributed by atoms with Crippen LogP contribution in [-0.4, -0.2) is 41.3 Å². The van der Waals surface area contributed by atoms with E-state index < -0.39 is 18.5 Å². The van der Waals surface area contributed by atoms with Gasteiger partial charge in [-0.1, -0.05) is 34.7 Å². The summed E-state index contributed by atoms with van der Waals surface area (Å²) < 4.78 is 15.3. The van der Waals surface area contributed by atoms with Gasteiger partial charge in [0.25, 0.3) is 5.56 Å². The van der Waals surface area contributed by atoms with Crippen LogP contribution in [0.3, 0.4) is 0 Å². The van der Waals surface area contributed by atoms with Gasteiger partial charge in [-0.15, -0.1) is 0 Å². The van der Waals surface area contributed by atoms with Gasteiger partial charge in [-0.25, -0.2) is 29.0 Å². The van der Waals surface area contributed by atoms with Crippen LogP contribution in [0, 0.1) is 5.82 Å². The summed E-state index contributed by atoms with van der Waals surface area (Å²) >= 11 is 2.19. The Kier molecular flexibility index (Phi) is 6.06. The maximum absolute atomic E-state index is 13.7. The maximum atomic E-state index is 13.7. The van der Waals surface area contributed by atoms with Gasteiger partial charge in [0.1, 0.15) is 23.7 Å². The molecule has 172 valence electrons. The monoisotopic (exact) mass is 572 g/mol. The summed E-state index contributed by atoms with van der Waals surface area (Å²) in [6.07, 6.45) is 2.85. The molecule has 34 heavy (non-hydrogen) atoms. The van der Waals surface area contributed by atoms with Crippen LogP contribution >= 0.6 is 22.6 Å². The SMILES string of the molecule is O=c1c2c(CI)cccc2nc(C(CO)Nc2ncnc3[nH]cnc23)n1Nc1ccc(F)cc1. The van der Waals surface area contributed by atoms with Crippen molar-refractivity contribution in [3.05, 3.63) is 82.7 Å². The van der Waals surface area contributed by atoms with E-state index in [9.17, 15) is 14.3 Å². The number of halogens is 2. The molecule has 5 rings (SSSR count). The Bertz CT molecular complexity index is 1540. The van der Waals surface area contributed by atoms with Crippen LogP contribution in [0.4, 0.5) is 15.9 Å². The molecule has 0 spiro atoms. The Morgan fingerprint density at radius 1 is 1.15 bits per heavy atom. The molecule has 0 aliphatic rings. The molecule has 1 atom stereocenters. The number of hydrogen-bond donors (Lipinski definition) is 4. The van der Waals surface area contributed by atoms with Gasteiger partial charge >= 0.3 is 0 Å². The summed E-state index contributed by atoms with van der Waals surface area (Å²) in [5, 5.41) is 13.9. The molecule has 10 nitrogen and oxygen atoms in total. The summed E-state index contributed by atoms with van der Waals surface area (Å²) in [5.41, 5.74) is 5.48. The molecule has 12 heteroatoms. The van der Waals surface area contributed by atoms with E-state index in [4.69, 9.17) is 4.98 Å². The number of benzene rings is 2. The van der Waals surface area contributed by atoms with Crippen LogP contribution in [0.25, 0.3) is 22.1 Å². The van der Waals surface area contributed by atoms with E-state index in [1.807, 2.05) is 12.1 Å². The highest BCUT2D eigenvalue weighted by Crippen LogP contribution is 2.24. The number of imidazole rings is 1. The molecule has 1 unspecified atom stereocenters. The van der Waals surface area contributed by atoms with E-state index in [2.05, 4.69) is 53.3 Å². The minimum atomic E-state index is -0.830. The van der Waals surface area contributed by atoms with Crippen molar-refractivity contribution < 1.29 is 9.50 Å². The molecule has 2 aromatic carbocycles. The molecule has 0 aliphatic heterocycles. The number of aliphatic hydroxyl groups excluding tert-OH is 1. The first-order valence-corrected chi connectivity index (χ1v) is 11.8. The second-order valence-corrected chi connectivity index (χ2v) is 8.14. The second kappa shape index (κ2) is 9.30. The number of nitrogens with one attached hydrogen (secondary N) is 3. The predicted octanol–water partition coefficient (Wildman–Crippen LogP) is 3.16. The average molecular weight is 572 g/mol. The smallest absolute Gasteiger partial charge is 0.280 e. The summed E-state index contributed by atoms with van der Waals surface area (Å²) in [7, 11) is 0. The van der Waals surface area contributed by atoms with Crippen LogP contribution in [-0.2, 0) is 4.43 Å². The molecule has 0 aliphatic carbocycles. The molecule has 0 radical (unpaired) electrons. The minimum Gasteiger partial charge on any atom is -0.394 e. The lowest BCUT2D eigenvalue weighted by Gasteiger charge is -2.22. The van der Waals surface area contributed by atoms with Crippen LogP contribution in [0.15, 0.2) is 59.9 Å². The zero-order valence-corrected chi connectivity index (χ0v) is 19.7. The summed E-state index contributed by atoms with van der Waals surface area (Å²) in [6, 6.07) is 10.2. The number of alkyl halides is 1. The van der Waals surface area contributed by atoms with Gasteiger partial charge in [-0.05, 0) is 35.9 Å². The van der Waals surface area contributed by atoms with Crippen molar-refractivity contribution in [1.29, 1.82) is 0 Å². The highest BCUT2D eigenvalue weighted by Gasteiger charge is 2.23. The molecule has 0 saturated heterocycles. The van der Waals surface area contributed by atoms with E-state index in [-0.39, 0.29) is 11.4 Å². The molecule has 0 saturated carbocycles. The first-order chi connectivity index (χ1) is 16.6. The van der Waals surface area contributed by atoms with Gasteiger partial charge in [-0.2, -0.15) is 0 Å². The molecule has 0 bridgehead atoms. The normalized spacial score (nSPS) is 12.2. The molecule has 3 heterocycles. The van der Waals surface area contributed by atoms with Crippen LogP contribution in [0.5, 0.6) is 0 Å². The van der Waals surface area contributed by atoms with Crippen LogP contribution in [0.2, 0.25) is 0 Å². The number of aliphatic hydroxyl groups is 1. The van der Waals surface area contributed by atoms with Crippen molar-refractivity contribution in [3.63, 3.8) is 0 Å². The molecular formula is C22H18FIN8O2. The maximum Gasteiger partial charge on any atom is 0.280 e. The number of rotatable bonds is 7. The van der Waals surface area contributed by atoms with Gasteiger partial charge in [0.2, 0.25) is 0 Å². The van der Waals surface area contributed by atoms with E-state index in [1.165, 1.54) is 41.6 Å². The lowest BCUT2D eigenvalue weighted by atomic mass is 10.1. The summed E-state index contributed by atoms with van der Waals surface area (Å²) in [5.74, 6) is 0.190. The first-order valence-electron chi connectivity index (χ1n) is 10.2. The van der Waals surface area contributed by atoms with Crippen LogP contribution < -0.4 is 16.3 Å². The number of anilines is 2. The second-order valence-electron chi connectivity index (χ2n) is 7.38. The standard InChI is InChI=1S/C22H18FIN8O2/c23-13-4-6-14(7-5-13)31-32-21(30-15-3-1-2-12(8-24)17(15)22(32)34)16(9-33)29-20-18-19(26-10-25-18)27-11-28-20/h1-7,10-11,16,31,33H,8-9H2,(H2,25,26,27,28,29). The molecule has 3 aromatic heterocycles. The Balaban J connectivity index is 1.68. The van der Waals surface area contributed by atoms with Gasteiger partial charge in [-0.3, -0.25) is 10.2 Å². The van der Waals surface area contributed by atoms with E-state index >= 15 is 0 Å². The third-order valence-electron chi connectivity index (χ3n) is 5.26. The topological polar surface area (TPSA) is 134 Å². The molecule has 0 fully saturated rings. The zero-order chi connectivity index (χ0) is 23.7. The van der Waals surface area contributed by atoms with Gasteiger partial charge < -0.3 is 15.4 Å². The number of H-pyrrole nitrogens is 1. The minimum absolute atomic E-state index is 0.220. The fourth-order valence-electron chi connectivity index (χ4n) is 3.65. The average Bonchev–Trinajstić information content (AvgIpc) is 3.35. The zero-order valence-electron chi connectivity index (χ0n) is 17.5. The highest BCUT2D eigenvalue weighted by molar-refractivity contribution is 14.1. The summed E-state index contributed by atoms with van der Waals surface area (Å²) in [6.45, 7) is -0.398. The molecule has 5 aromatic rings. The summed E-state index contributed by atoms with van der Waals surface area (Å²) in [4.78, 5) is 33.9. The van der Waals surface area contributed by atoms with E-state index in [0.29, 0.717) is 38.0 Å². The number of fused-ring (bicyclic) bond motifs is 2. The van der Waals surface area contributed by atoms with Crippen LogP contribution in [0.1, 0.15) is 17.4 Å². The Morgan fingerprint density at radius 2 is 1.97 bits per heavy atom. The van der Waals surface area contributed by atoms with Gasteiger partial charge in [0.05, 0.1) is 29.5 Å². The number of aromatic nitrogens is 6. The quantitative estimate of drug-likeness (QED) is 0.173. The first kappa shape index (κ1) is 22.2. The fourth-order valence-corrected chi connectivity index (χ4v) is 4.29. The van der Waals surface area contributed by atoms with Crippen molar-refractivity contribution >= 4 is 56.2 Å². The Labute approximate surface area is 205 Å². The highest BCUT2D eigenvalue weighted by atomic mass is 127. The predicted molar refractivity (Wildman–Crippen MR) is 134 cm³/mol. The Hall–Kier alpha value is -3.65. The number of aromatic amines is 1. The fraction of sp³-hybridized carbons (Fsp3) is 0.136. The van der Waals surface area contributed by atoms with Crippen molar-refractivity contribution in [1.82, 2.24) is 29.6 Å². The number of hydrogen-bond acceptors (Lipinski definition) is 8. The largest absolute Gasteiger partial charge is 0.394 e. The van der Waals surface area contributed by atoms with E-state index in [1.54, 1.807) is 6.07 Å². The third-order valence-corrected chi connectivity index (χ3v) is 6.08. The van der Waals surface area contributed by atoms with Crippen molar-refractivity contribution in [2.45, 2.75) is 10.5 Å². The van der Waals surface area contributed by atoms with Crippen molar-refractivity contribution in [2.24, 2.45) is 0 Å². The third kappa shape index (κ3) is 4.05. The Morgan fingerprint density at radius 3 is 2.74 bits per heavy atom. The van der Waals surface area contributed by atoms with Gasteiger partial charge in [0.15, 0.2) is 17.3 Å². The van der Waals surface area contributed by atoms with Crippen molar-refractivity contribution in [2.75, 3.05) is 17.3 Å². The van der Waals surface area contributed by atoms with Gasteiger partial charge in [0, 0.05) is 4.43 Å². The number of nitrogens with zero attached hydrogens (tertiary/aromatic N) is 5. The molecule has 0 amide bonds. The van der Waals surface area contributed by atoms with E-state index in [0.717, 1.165) is 5.56 Å².